The topological polar surface area (TPSA) is 47.3 Å². The van der Waals surface area contributed by atoms with Crippen LogP contribution >= 0.6 is 0 Å². The molecule has 1 heterocycles. The van der Waals surface area contributed by atoms with Gasteiger partial charge in [0.2, 0.25) is 5.91 Å². The number of anilines is 2. The fourth-order valence-corrected chi connectivity index (χ4v) is 3.49. The van der Waals surface area contributed by atoms with Crippen LogP contribution in [0.15, 0.2) is 42.5 Å². The fourth-order valence-electron chi connectivity index (χ4n) is 3.49. The van der Waals surface area contributed by atoms with Crippen LogP contribution in [-0.4, -0.2) is 25.5 Å². The summed E-state index contributed by atoms with van der Waals surface area (Å²) < 4.78 is 0. The quantitative estimate of drug-likeness (QED) is 0.840. The predicted molar refractivity (Wildman–Crippen MR) is 101 cm³/mol. The van der Waals surface area contributed by atoms with Crippen LogP contribution in [0, 0.1) is 25.2 Å². The third kappa shape index (κ3) is 3.83. The molecular weight excluding hydrogens is 310 g/mol. The first-order valence-electron chi connectivity index (χ1n) is 8.67. The standard InChI is InChI=1S/C21H23N3O/c1-16-12-17(2)14-19(13-16)24(10-5-9-22)21(25)15-23-11-8-18-6-3-4-7-20(18)23/h3-4,6-7,12-14H,5,8,10-11,15H2,1-2H3. The maximum absolute atomic E-state index is 13.0. The van der Waals surface area contributed by atoms with E-state index in [2.05, 4.69) is 29.2 Å². The second kappa shape index (κ2) is 7.40. The van der Waals surface area contributed by atoms with E-state index in [9.17, 15) is 4.79 Å². The Morgan fingerprint density at radius 1 is 1.20 bits per heavy atom. The first kappa shape index (κ1) is 17.0. The van der Waals surface area contributed by atoms with E-state index in [0.717, 1.165) is 35.5 Å². The van der Waals surface area contributed by atoms with Crippen molar-refractivity contribution in [2.45, 2.75) is 26.7 Å². The minimum atomic E-state index is 0.0388. The third-order valence-corrected chi connectivity index (χ3v) is 4.58. The number of nitriles is 1. The molecule has 3 rings (SSSR count). The van der Waals surface area contributed by atoms with Crippen LogP contribution in [0.2, 0.25) is 0 Å². The molecule has 4 heteroatoms. The molecule has 0 bridgehead atoms. The summed E-state index contributed by atoms with van der Waals surface area (Å²) in [6, 6.07) is 16.5. The van der Waals surface area contributed by atoms with E-state index in [0.29, 0.717) is 19.5 Å². The Hall–Kier alpha value is -2.80. The Balaban J connectivity index is 1.82. The van der Waals surface area contributed by atoms with Crippen molar-refractivity contribution in [3.8, 4) is 6.07 Å². The van der Waals surface area contributed by atoms with Crippen LogP contribution in [0.25, 0.3) is 0 Å². The maximum Gasteiger partial charge on any atom is 0.246 e. The monoisotopic (exact) mass is 333 g/mol. The van der Waals surface area contributed by atoms with E-state index in [1.54, 1.807) is 4.90 Å². The lowest BCUT2D eigenvalue weighted by atomic mass is 10.1. The molecule has 4 nitrogen and oxygen atoms in total. The van der Waals surface area contributed by atoms with Crippen LogP contribution in [0.5, 0.6) is 0 Å². The number of carbonyl (C=O) groups is 1. The van der Waals surface area contributed by atoms with Gasteiger partial charge < -0.3 is 9.80 Å². The molecule has 128 valence electrons. The Labute approximate surface area is 149 Å². The third-order valence-electron chi connectivity index (χ3n) is 4.58. The predicted octanol–water partition coefficient (Wildman–Crippen LogP) is 3.61. The van der Waals surface area contributed by atoms with Crippen molar-refractivity contribution in [3.05, 3.63) is 59.2 Å². The lowest BCUT2D eigenvalue weighted by Crippen LogP contribution is -2.40. The van der Waals surface area contributed by atoms with Crippen molar-refractivity contribution in [1.82, 2.24) is 0 Å². The first-order chi connectivity index (χ1) is 12.1. The largest absolute Gasteiger partial charge is 0.362 e. The van der Waals surface area contributed by atoms with Crippen molar-refractivity contribution in [2.75, 3.05) is 29.4 Å². The minimum Gasteiger partial charge on any atom is -0.362 e. The average Bonchev–Trinajstić information content (AvgIpc) is 2.97. The zero-order chi connectivity index (χ0) is 17.8. The van der Waals surface area contributed by atoms with E-state index >= 15 is 0 Å². The smallest absolute Gasteiger partial charge is 0.246 e. The highest BCUT2D eigenvalue weighted by molar-refractivity contribution is 5.97. The average molecular weight is 333 g/mol. The van der Waals surface area contributed by atoms with Gasteiger partial charge in [0.1, 0.15) is 0 Å². The molecular formula is C21H23N3O. The number of hydrogen-bond acceptors (Lipinski definition) is 3. The van der Waals surface area contributed by atoms with Crippen LogP contribution in [0.4, 0.5) is 11.4 Å². The summed E-state index contributed by atoms with van der Waals surface area (Å²) in [5, 5.41) is 8.97. The lowest BCUT2D eigenvalue weighted by molar-refractivity contribution is -0.117. The van der Waals surface area contributed by atoms with Gasteiger partial charge in [-0.15, -0.1) is 0 Å². The zero-order valence-corrected chi connectivity index (χ0v) is 14.8. The number of aryl methyl sites for hydroxylation is 2. The summed E-state index contributed by atoms with van der Waals surface area (Å²) in [5.74, 6) is 0.0388. The molecule has 0 saturated heterocycles. The molecule has 1 amide bonds. The Kier molecular flexibility index (Phi) is 5.04. The second-order valence-corrected chi connectivity index (χ2v) is 6.60. The molecule has 2 aromatic carbocycles. The SMILES string of the molecule is Cc1cc(C)cc(N(CCC#N)C(=O)CN2CCc3ccccc32)c1. The van der Waals surface area contributed by atoms with Crippen LogP contribution in [0.3, 0.4) is 0 Å². The lowest BCUT2D eigenvalue weighted by Gasteiger charge is -2.26. The molecule has 0 saturated carbocycles. The molecule has 0 radical (unpaired) electrons. The van der Waals surface area contributed by atoms with Gasteiger partial charge in [-0.05, 0) is 55.2 Å². The van der Waals surface area contributed by atoms with Crippen molar-refractivity contribution in [1.29, 1.82) is 5.26 Å². The van der Waals surface area contributed by atoms with E-state index < -0.39 is 0 Å². The fraction of sp³-hybridized carbons (Fsp3) is 0.333. The summed E-state index contributed by atoms with van der Waals surface area (Å²) in [4.78, 5) is 16.9. The minimum absolute atomic E-state index is 0.0388. The van der Waals surface area contributed by atoms with Crippen LogP contribution in [0.1, 0.15) is 23.1 Å². The van der Waals surface area contributed by atoms with Gasteiger partial charge in [0.05, 0.1) is 19.0 Å². The molecule has 1 aliphatic rings. The van der Waals surface area contributed by atoms with Gasteiger partial charge in [-0.1, -0.05) is 24.3 Å². The highest BCUT2D eigenvalue weighted by atomic mass is 16.2. The second-order valence-electron chi connectivity index (χ2n) is 6.60. The van der Waals surface area contributed by atoms with Gasteiger partial charge >= 0.3 is 0 Å². The number of para-hydroxylation sites is 1. The Morgan fingerprint density at radius 3 is 2.64 bits per heavy atom. The van der Waals surface area contributed by atoms with Crippen molar-refractivity contribution < 1.29 is 4.79 Å². The molecule has 0 fully saturated rings. The molecule has 1 aliphatic heterocycles. The van der Waals surface area contributed by atoms with Gasteiger partial charge in [0, 0.05) is 24.5 Å². The highest BCUT2D eigenvalue weighted by Gasteiger charge is 2.24. The molecule has 0 atom stereocenters. The summed E-state index contributed by atoms with van der Waals surface area (Å²) in [6.45, 7) is 5.69. The number of carbonyl (C=O) groups excluding carboxylic acids is 1. The van der Waals surface area contributed by atoms with Crippen LogP contribution < -0.4 is 9.80 Å². The molecule has 2 aromatic rings. The van der Waals surface area contributed by atoms with Crippen molar-refractivity contribution in [2.24, 2.45) is 0 Å². The van der Waals surface area contributed by atoms with Gasteiger partial charge in [0.15, 0.2) is 0 Å². The van der Waals surface area contributed by atoms with E-state index in [-0.39, 0.29) is 5.91 Å². The summed E-state index contributed by atoms with van der Waals surface area (Å²) in [5.41, 5.74) is 5.57. The highest BCUT2D eigenvalue weighted by Crippen LogP contribution is 2.28. The molecule has 0 aliphatic carbocycles. The number of rotatable bonds is 5. The van der Waals surface area contributed by atoms with E-state index in [4.69, 9.17) is 5.26 Å². The number of benzene rings is 2. The van der Waals surface area contributed by atoms with Gasteiger partial charge in [-0.3, -0.25) is 4.79 Å². The van der Waals surface area contributed by atoms with E-state index in [1.165, 1.54) is 5.56 Å². The van der Waals surface area contributed by atoms with Crippen LogP contribution in [-0.2, 0) is 11.2 Å². The summed E-state index contributed by atoms with van der Waals surface area (Å²) >= 11 is 0. The van der Waals surface area contributed by atoms with Gasteiger partial charge in [-0.2, -0.15) is 5.26 Å². The van der Waals surface area contributed by atoms with Crippen molar-refractivity contribution in [3.63, 3.8) is 0 Å². The number of nitrogens with zero attached hydrogens (tertiary/aromatic N) is 3. The first-order valence-corrected chi connectivity index (χ1v) is 8.67. The molecule has 25 heavy (non-hydrogen) atoms. The van der Waals surface area contributed by atoms with Gasteiger partial charge in [-0.25, -0.2) is 0 Å². The Morgan fingerprint density at radius 2 is 1.92 bits per heavy atom. The Bertz CT molecular complexity index is 802. The molecule has 0 N–H and O–H groups in total. The molecule has 0 aromatic heterocycles. The van der Waals surface area contributed by atoms with E-state index in [1.807, 2.05) is 38.1 Å². The van der Waals surface area contributed by atoms with Gasteiger partial charge in [0.25, 0.3) is 0 Å². The molecule has 0 unspecified atom stereocenters. The molecule has 0 spiro atoms. The zero-order valence-electron chi connectivity index (χ0n) is 14.8. The number of amides is 1. The number of hydrogen-bond donors (Lipinski definition) is 0. The maximum atomic E-state index is 13.0. The summed E-state index contributed by atoms with van der Waals surface area (Å²) in [6.07, 6.45) is 1.31. The number of fused-ring (bicyclic) bond motifs is 1. The summed E-state index contributed by atoms with van der Waals surface area (Å²) in [7, 11) is 0. The normalized spacial score (nSPS) is 12.6. The van der Waals surface area contributed by atoms with Crippen molar-refractivity contribution >= 4 is 17.3 Å².